The van der Waals surface area contributed by atoms with Crippen LogP contribution in [0.3, 0.4) is 0 Å². The zero-order valence-corrected chi connectivity index (χ0v) is 14.2. The highest BCUT2D eigenvalue weighted by atomic mass is 32.2. The molecule has 0 radical (unpaired) electrons. The highest BCUT2D eigenvalue weighted by Crippen LogP contribution is 2.18. The first-order valence-corrected chi connectivity index (χ1v) is 9.13. The van der Waals surface area contributed by atoms with Gasteiger partial charge in [-0.2, -0.15) is 0 Å². The molecule has 0 aliphatic carbocycles. The molecule has 4 nitrogen and oxygen atoms in total. The normalized spacial score (nSPS) is 11.2. The van der Waals surface area contributed by atoms with Crippen LogP contribution in [0.25, 0.3) is 0 Å². The number of anilines is 1. The van der Waals surface area contributed by atoms with Crippen molar-refractivity contribution in [3.05, 3.63) is 59.7 Å². The maximum atomic E-state index is 12.4. The zero-order chi connectivity index (χ0) is 16.9. The summed E-state index contributed by atoms with van der Waals surface area (Å²) in [6, 6.07) is 13.3. The average molecular weight is 331 g/mol. The van der Waals surface area contributed by atoms with Crippen molar-refractivity contribution in [3.63, 3.8) is 0 Å². The molecule has 122 valence electrons. The molecule has 0 atom stereocenters. The topological polar surface area (TPSA) is 63.2 Å². The Morgan fingerprint density at radius 2 is 1.61 bits per heavy atom. The quantitative estimate of drug-likeness (QED) is 0.779. The van der Waals surface area contributed by atoms with Crippen LogP contribution in [0.1, 0.15) is 42.6 Å². The summed E-state index contributed by atoms with van der Waals surface area (Å²) in [6.07, 6.45) is 3.15. The molecular weight excluding hydrogens is 310 g/mol. The second kappa shape index (κ2) is 7.42. The number of rotatable bonds is 7. The van der Waals surface area contributed by atoms with Gasteiger partial charge in [0.1, 0.15) is 0 Å². The van der Waals surface area contributed by atoms with E-state index in [1.54, 1.807) is 36.4 Å². The van der Waals surface area contributed by atoms with Crippen LogP contribution in [0.2, 0.25) is 0 Å². The lowest BCUT2D eigenvalue weighted by atomic mass is 10.1. The van der Waals surface area contributed by atoms with E-state index in [0.29, 0.717) is 11.3 Å². The first-order valence-electron chi connectivity index (χ1n) is 7.65. The average Bonchev–Trinajstić information content (AvgIpc) is 2.53. The molecule has 1 N–H and O–H groups in total. The lowest BCUT2D eigenvalue weighted by molar-refractivity contribution is 0.101. The molecule has 2 aromatic rings. The number of benzene rings is 2. The fourth-order valence-electron chi connectivity index (χ4n) is 2.20. The molecule has 0 aliphatic heterocycles. The number of Topliss-reactive ketones (excluding diaryl/α,β-unsaturated/α-hetero) is 1. The Kier molecular flexibility index (Phi) is 5.55. The van der Waals surface area contributed by atoms with Crippen LogP contribution in [0.4, 0.5) is 5.69 Å². The SMILES string of the molecule is CCCCc1ccc(S(=O)(=O)Nc2ccc(C(C)=O)cc2)cc1. The van der Waals surface area contributed by atoms with Gasteiger partial charge >= 0.3 is 0 Å². The molecule has 0 saturated heterocycles. The maximum absolute atomic E-state index is 12.4. The van der Waals surface area contributed by atoms with Crippen molar-refractivity contribution < 1.29 is 13.2 Å². The third kappa shape index (κ3) is 4.66. The Morgan fingerprint density at radius 3 is 2.13 bits per heavy atom. The number of carbonyl (C=O) groups excluding carboxylic acids is 1. The Bertz CT molecular complexity index is 763. The van der Waals surface area contributed by atoms with Crippen molar-refractivity contribution in [2.24, 2.45) is 0 Å². The highest BCUT2D eigenvalue weighted by Gasteiger charge is 2.14. The van der Waals surface area contributed by atoms with Gasteiger partial charge in [0.05, 0.1) is 4.90 Å². The van der Waals surface area contributed by atoms with Crippen molar-refractivity contribution in [2.75, 3.05) is 4.72 Å². The summed E-state index contributed by atoms with van der Waals surface area (Å²) < 4.78 is 27.3. The first kappa shape index (κ1) is 17.2. The van der Waals surface area contributed by atoms with E-state index >= 15 is 0 Å². The molecule has 0 bridgehead atoms. The van der Waals surface area contributed by atoms with Gasteiger partial charge in [0.25, 0.3) is 10.0 Å². The fourth-order valence-corrected chi connectivity index (χ4v) is 3.26. The van der Waals surface area contributed by atoms with E-state index in [-0.39, 0.29) is 10.7 Å². The minimum absolute atomic E-state index is 0.0536. The number of sulfonamides is 1. The van der Waals surface area contributed by atoms with Crippen molar-refractivity contribution in [2.45, 2.75) is 38.0 Å². The molecule has 0 spiro atoms. The van der Waals surface area contributed by atoms with Crippen LogP contribution >= 0.6 is 0 Å². The second-order valence-electron chi connectivity index (χ2n) is 5.49. The van der Waals surface area contributed by atoms with Gasteiger partial charge in [-0.15, -0.1) is 0 Å². The molecule has 5 heteroatoms. The highest BCUT2D eigenvalue weighted by molar-refractivity contribution is 7.92. The van der Waals surface area contributed by atoms with Gasteiger partial charge in [0.2, 0.25) is 0 Å². The Balaban J connectivity index is 2.13. The Hall–Kier alpha value is -2.14. The summed E-state index contributed by atoms with van der Waals surface area (Å²) in [7, 11) is -3.62. The van der Waals surface area contributed by atoms with E-state index in [9.17, 15) is 13.2 Å². The van der Waals surface area contributed by atoms with Gasteiger partial charge in [-0.05, 0) is 61.7 Å². The van der Waals surface area contributed by atoms with Gasteiger partial charge in [-0.3, -0.25) is 9.52 Å². The molecule has 2 aromatic carbocycles. The number of hydrogen-bond acceptors (Lipinski definition) is 3. The first-order chi connectivity index (χ1) is 10.9. The largest absolute Gasteiger partial charge is 0.295 e. The molecular formula is C18H21NO3S. The van der Waals surface area contributed by atoms with Gasteiger partial charge < -0.3 is 0 Å². The van der Waals surface area contributed by atoms with Crippen LogP contribution in [0.15, 0.2) is 53.4 Å². The predicted molar refractivity (Wildman–Crippen MR) is 92.3 cm³/mol. The van der Waals surface area contributed by atoms with Crippen molar-refractivity contribution in [3.8, 4) is 0 Å². The number of ketones is 1. The van der Waals surface area contributed by atoms with E-state index in [0.717, 1.165) is 24.8 Å². The van der Waals surface area contributed by atoms with Crippen LogP contribution in [-0.4, -0.2) is 14.2 Å². The Labute approximate surface area is 137 Å². The third-order valence-electron chi connectivity index (χ3n) is 3.60. The maximum Gasteiger partial charge on any atom is 0.261 e. The molecule has 0 amide bonds. The molecule has 23 heavy (non-hydrogen) atoms. The lowest BCUT2D eigenvalue weighted by Crippen LogP contribution is -2.13. The lowest BCUT2D eigenvalue weighted by Gasteiger charge is -2.09. The molecule has 0 unspecified atom stereocenters. The third-order valence-corrected chi connectivity index (χ3v) is 4.99. The smallest absolute Gasteiger partial charge is 0.261 e. The van der Waals surface area contributed by atoms with Gasteiger partial charge in [-0.1, -0.05) is 25.5 Å². The van der Waals surface area contributed by atoms with Gasteiger partial charge in [-0.25, -0.2) is 8.42 Å². The minimum atomic E-state index is -3.62. The predicted octanol–water partition coefficient (Wildman–Crippen LogP) is 4.03. The van der Waals surface area contributed by atoms with E-state index in [1.165, 1.54) is 6.92 Å². The molecule has 2 rings (SSSR count). The van der Waals surface area contributed by atoms with E-state index in [1.807, 2.05) is 12.1 Å². The number of aryl methyl sites for hydroxylation is 1. The summed E-state index contributed by atoms with van der Waals surface area (Å²) >= 11 is 0. The summed E-state index contributed by atoms with van der Waals surface area (Å²) in [5.74, 6) is -0.0536. The van der Waals surface area contributed by atoms with Gasteiger partial charge in [0, 0.05) is 11.3 Å². The Morgan fingerprint density at radius 1 is 1.00 bits per heavy atom. The standard InChI is InChI=1S/C18H21NO3S/c1-3-4-5-15-6-12-18(13-7-15)23(21,22)19-17-10-8-16(9-11-17)14(2)20/h6-13,19H,3-5H2,1-2H3. The summed E-state index contributed by atoms with van der Waals surface area (Å²) in [5, 5.41) is 0. The van der Waals surface area contributed by atoms with E-state index < -0.39 is 10.0 Å². The number of carbonyl (C=O) groups is 1. The van der Waals surface area contributed by atoms with E-state index in [2.05, 4.69) is 11.6 Å². The minimum Gasteiger partial charge on any atom is -0.295 e. The second-order valence-corrected chi connectivity index (χ2v) is 7.17. The number of nitrogens with one attached hydrogen (secondary N) is 1. The van der Waals surface area contributed by atoms with Crippen molar-refractivity contribution in [1.82, 2.24) is 0 Å². The van der Waals surface area contributed by atoms with Crippen LogP contribution in [-0.2, 0) is 16.4 Å². The van der Waals surface area contributed by atoms with Crippen LogP contribution in [0.5, 0.6) is 0 Å². The number of hydrogen-bond donors (Lipinski definition) is 1. The molecule has 0 aromatic heterocycles. The summed E-state index contributed by atoms with van der Waals surface area (Å²) in [6.45, 7) is 3.60. The van der Waals surface area contributed by atoms with Crippen LogP contribution in [0, 0.1) is 0 Å². The van der Waals surface area contributed by atoms with Crippen molar-refractivity contribution in [1.29, 1.82) is 0 Å². The zero-order valence-electron chi connectivity index (χ0n) is 13.4. The molecule has 0 aliphatic rings. The molecule has 0 saturated carbocycles. The molecule has 0 fully saturated rings. The monoisotopic (exact) mass is 331 g/mol. The molecule has 0 heterocycles. The van der Waals surface area contributed by atoms with Crippen LogP contribution < -0.4 is 4.72 Å². The van der Waals surface area contributed by atoms with E-state index in [4.69, 9.17) is 0 Å². The fraction of sp³-hybridized carbons (Fsp3) is 0.278. The summed E-state index contributed by atoms with van der Waals surface area (Å²) in [4.78, 5) is 11.5. The van der Waals surface area contributed by atoms with Crippen molar-refractivity contribution >= 4 is 21.5 Å². The summed E-state index contributed by atoms with van der Waals surface area (Å²) in [5.41, 5.74) is 2.12. The number of unbranched alkanes of at least 4 members (excludes halogenated alkanes) is 1. The van der Waals surface area contributed by atoms with Gasteiger partial charge in [0.15, 0.2) is 5.78 Å².